The predicted octanol–water partition coefficient (Wildman–Crippen LogP) is 2.35. The second-order valence-electron chi connectivity index (χ2n) is 3.91. The number of hydrogen-bond acceptors (Lipinski definition) is 2. The van der Waals surface area contributed by atoms with Crippen LogP contribution in [-0.2, 0) is 0 Å². The molecule has 1 fully saturated rings. The molecule has 4 heteroatoms. The van der Waals surface area contributed by atoms with Gasteiger partial charge in [0.2, 0.25) is 0 Å². The number of allylic oxidation sites excluding steroid dienone is 1. The molecule has 0 radical (unpaired) electrons. The summed E-state index contributed by atoms with van der Waals surface area (Å²) in [6, 6.07) is -0.866. The Morgan fingerprint density at radius 1 is 1.60 bits per heavy atom. The summed E-state index contributed by atoms with van der Waals surface area (Å²) in [5.74, 6) is -2.68. The van der Waals surface area contributed by atoms with Crippen LogP contribution >= 0.6 is 0 Å². The fraction of sp³-hybridized carbons (Fsp3) is 0.636. The summed E-state index contributed by atoms with van der Waals surface area (Å²) in [6.45, 7) is 9.88. The number of rotatable bonds is 3. The van der Waals surface area contributed by atoms with Crippen LogP contribution in [0.3, 0.4) is 0 Å². The molecule has 0 aromatic rings. The highest BCUT2D eigenvalue weighted by molar-refractivity contribution is 5.03. The first-order chi connectivity index (χ1) is 6.99. The molecule has 2 nitrogen and oxygen atoms in total. The number of alkyl halides is 2. The molecule has 1 aliphatic heterocycles. The third-order valence-corrected chi connectivity index (χ3v) is 2.66. The smallest absolute Gasteiger partial charge is 0.269 e. The highest BCUT2D eigenvalue weighted by Gasteiger charge is 2.42. The van der Waals surface area contributed by atoms with Crippen LogP contribution in [0.25, 0.3) is 0 Å². The van der Waals surface area contributed by atoms with Crippen molar-refractivity contribution < 1.29 is 8.78 Å². The lowest BCUT2D eigenvalue weighted by Crippen LogP contribution is -2.48. The molecule has 0 aromatic carbocycles. The highest BCUT2D eigenvalue weighted by atomic mass is 19.3. The molecule has 86 valence electrons. The molecule has 1 heterocycles. The van der Waals surface area contributed by atoms with Crippen LogP contribution in [0.1, 0.15) is 19.8 Å². The Morgan fingerprint density at radius 3 is 2.80 bits per heavy atom. The third kappa shape index (κ3) is 2.78. The van der Waals surface area contributed by atoms with Gasteiger partial charge in [-0.2, -0.15) is 0 Å². The van der Waals surface area contributed by atoms with Crippen LogP contribution in [0.4, 0.5) is 8.78 Å². The maximum absolute atomic E-state index is 13.8. The van der Waals surface area contributed by atoms with Crippen molar-refractivity contribution in [2.75, 3.05) is 13.1 Å². The van der Waals surface area contributed by atoms with E-state index in [-0.39, 0.29) is 13.0 Å². The summed E-state index contributed by atoms with van der Waals surface area (Å²) in [5, 5.41) is 3.01. The van der Waals surface area contributed by atoms with E-state index in [1.54, 1.807) is 6.92 Å². The SMILES string of the molecule is C=CN(C(=C)C)C1CNCCCC1(F)F. The van der Waals surface area contributed by atoms with Crippen molar-refractivity contribution in [1.29, 1.82) is 0 Å². The minimum atomic E-state index is -2.68. The quantitative estimate of drug-likeness (QED) is 0.779. The molecule has 0 aliphatic carbocycles. The van der Waals surface area contributed by atoms with E-state index in [2.05, 4.69) is 18.5 Å². The first-order valence-corrected chi connectivity index (χ1v) is 5.14. The molecule has 0 saturated carbocycles. The second kappa shape index (κ2) is 4.75. The Hall–Kier alpha value is -0.900. The molecule has 1 saturated heterocycles. The lowest BCUT2D eigenvalue weighted by Gasteiger charge is -2.34. The monoisotopic (exact) mass is 216 g/mol. The van der Waals surface area contributed by atoms with E-state index in [4.69, 9.17) is 0 Å². The van der Waals surface area contributed by atoms with E-state index in [9.17, 15) is 8.78 Å². The van der Waals surface area contributed by atoms with Crippen LogP contribution in [0.2, 0.25) is 0 Å². The van der Waals surface area contributed by atoms with Crippen molar-refractivity contribution in [3.8, 4) is 0 Å². The van der Waals surface area contributed by atoms with Gasteiger partial charge >= 0.3 is 0 Å². The Bertz CT molecular complexity index is 251. The van der Waals surface area contributed by atoms with Crippen molar-refractivity contribution in [2.45, 2.75) is 31.7 Å². The van der Waals surface area contributed by atoms with Gasteiger partial charge in [-0.05, 0) is 26.1 Å². The van der Waals surface area contributed by atoms with Gasteiger partial charge < -0.3 is 10.2 Å². The molecule has 0 aromatic heterocycles. The zero-order valence-electron chi connectivity index (χ0n) is 9.10. The van der Waals surface area contributed by atoms with E-state index in [1.807, 2.05) is 0 Å². The van der Waals surface area contributed by atoms with Crippen LogP contribution < -0.4 is 5.32 Å². The number of halogens is 2. The first kappa shape index (κ1) is 12.2. The van der Waals surface area contributed by atoms with Crippen molar-refractivity contribution >= 4 is 0 Å². The molecule has 1 rings (SSSR count). The Morgan fingerprint density at radius 2 is 2.27 bits per heavy atom. The van der Waals surface area contributed by atoms with Crippen LogP contribution in [-0.4, -0.2) is 30.0 Å². The van der Waals surface area contributed by atoms with Gasteiger partial charge in [-0.15, -0.1) is 0 Å². The molecule has 0 bridgehead atoms. The third-order valence-electron chi connectivity index (χ3n) is 2.66. The molecule has 0 spiro atoms. The summed E-state index contributed by atoms with van der Waals surface area (Å²) in [6.07, 6.45) is 1.85. The highest BCUT2D eigenvalue weighted by Crippen LogP contribution is 2.31. The summed E-state index contributed by atoms with van der Waals surface area (Å²) in [5.41, 5.74) is 0.596. The Balaban J connectivity index is 2.87. The summed E-state index contributed by atoms with van der Waals surface area (Å²) >= 11 is 0. The number of nitrogens with zero attached hydrogens (tertiary/aromatic N) is 1. The molecule has 1 unspecified atom stereocenters. The molecular weight excluding hydrogens is 198 g/mol. The van der Waals surface area contributed by atoms with Gasteiger partial charge in [0.1, 0.15) is 6.04 Å². The maximum Gasteiger partial charge on any atom is 0.269 e. The van der Waals surface area contributed by atoms with E-state index in [1.165, 1.54) is 11.1 Å². The van der Waals surface area contributed by atoms with Gasteiger partial charge in [0, 0.05) is 18.7 Å². The standard InChI is InChI=1S/C11H18F2N2/c1-4-15(9(2)3)10-8-14-7-5-6-11(10,12)13/h4,10,14H,1-2,5-8H2,3H3. The van der Waals surface area contributed by atoms with Gasteiger partial charge in [0.15, 0.2) is 0 Å². The lowest BCUT2D eigenvalue weighted by molar-refractivity contribution is -0.0626. The van der Waals surface area contributed by atoms with Crippen molar-refractivity contribution in [3.63, 3.8) is 0 Å². The van der Waals surface area contributed by atoms with Crippen LogP contribution in [0.5, 0.6) is 0 Å². The lowest BCUT2D eigenvalue weighted by atomic mass is 10.0. The van der Waals surface area contributed by atoms with E-state index < -0.39 is 12.0 Å². The van der Waals surface area contributed by atoms with Crippen LogP contribution in [0.15, 0.2) is 25.1 Å². The number of hydrogen-bond donors (Lipinski definition) is 1. The molecular formula is C11H18F2N2. The van der Waals surface area contributed by atoms with Gasteiger partial charge in [-0.1, -0.05) is 13.2 Å². The average molecular weight is 216 g/mol. The van der Waals surface area contributed by atoms with Crippen molar-refractivity contribution in [2.24, 2.45) is 0 Å². The predicted molar refractivity (Wildman–Crippen MR) is 57.7 cm³/mol. The molecule has 15 heavy (non-hydrogen) atoms. The molecule has 0 amide bonds. The van der Waals surface area contributed by atoms with Gasteiger partial charge in [0.25, 0.3) is 5.92 Å². The van der Waals surface area contributed by atoms with E-state index >= 15 is 0 Å². The van der Waals surface area contributed by atoms with Crippen molar-refractivity contribution in [3.05, 3.63) is 25.1 Å². The second-order valence-corrected chi connectivity index (χ2v) is 3.91. The van der Waals surface area contributed by atoms with Crippen molar-refractivity contribution in [1.82, 2.24) is 10.2 Å². The minimum Gasteiger partial charge on any atom is -0.343 e. The summed E-state index contributed by atoms with van der Waals surface area (Å²) < 4.78 is 27.5. The van der Waals surface area contributed by atoms with Crippen LogP contribution in [0, 0.1) is 0 Å². The topological polar surface area (TPSA) is 15.3 Å². The van der Waals surface area contributed by atoms with Gasteiger partial charge in [0.05, 0.1) is 0 Å². The zero-order chi connectivity index (χ0) is 11.5. The summed E-state index contributed by atoms with van der Waals surface area (Å²) in [7, 11) is 0. The Kier molecular flexibility index (Phi) is 3.85. The Labute approximate surface area is 89.6 Å². The first-order valence-electron chi connectivity index (χ1n) is 5.14. The number of nitrogens with one attached hydrogen (secondary N) is 1. The van der Waals surface area contributed by atoms with E-state index in [0.717, 1.165) is 0 Å². The molecule has 1 aliphatic rings. The summed E-state index contributed by atoms with van der Waals surface area (Å²) in [4.78, 5) is 1.46. The average Bonchev–Trinajstić information content (AvgIpc) is 2.29. The van der Waals surface area contributed by atoms with E-state index in [0.29, 0.717) is 18.7 Å². The zero-order valence-corrected chi connectivity index (χ0v) is 9.10. The minimum absolute atomic E-state index is 0.0811. The van der Waals surface area contributed by atoms with Gasteiger partial charge in [-0.3, -0.25) is 0 Å². The molecule has 1 N–H and O–H groups in total. The fourth-order valence-electron chi connectivity index (χ4n) is 1.85. The fourth-order valence-corrected chi connectivity index (χ4v) is 1.85. The maximum atomic E-state index is 13.8. The molecule has 1 atom stereocenters. The largest absolute Gasteiger partial charge is 0.343 e. The van der Waals surface area contributed by atoms with Gasteiger partial charge in [-0.25, -0.2) is 8.78 Å². The normalized spacial score (nSPS) is 25.4.